The number of benzene rings is 2. The zero-order valence-electron chi connectivity index (χ0n) is 13.9. The van der Waals surface area contributed by atoms with Crippen molar-refractivity contribution in [1.29, 1.82) is 0 Å². The third-order valence-corrected chi connectivity index (χ3v) is 4.36. The van der Waals surface area contributed by atoms with E-state index >= 15 is 0 Å². The van der Waals surface area contributed by atoms with Crippen LogP contribution in [0.2, 0.25) is 0 Å². The van der Waals surface area contributed by atoms with Gasteiger partial charge in [-0.05, 0) is 30.3 Å². The van der Waals surface area contributed by atoms with Crippen LogP contribution in [0.4, 0.5) is 5.69 Å². The third kappa shape index (κ3) is 4.00. The fraction of sp³-hybridized carbons (Fsp3) is 0.105. The first kappa shape index (κ1) is 17.9. The lowest BCUT2D eigenvalue weighted by Gasteiger charge is -2.15. The Morgan fingerprint density at radius 2 is 1.88 bits per heavy atom. The molecule has 1 amide bonds. The molecule has 0 radical (unpaired) electrons. The van der Waals surface area contributed by atoms with Crippen molar-refractivity contribution in [2.75, 3.05) is 7.05 Å². The second-order valence-electron chi connectivity index (χ2n) is 5.74. The van der Waals surface area contributed by atoms with Crippen molar-refractivity contribution in [3.05, 3.63) is 86.6 Å². The molecule has 3 aromatic rings. The summed E-state index contributed by atoms with van der Waals surface area (Å²) in [5.74, 6) is 1.03. The van der Waals surface area contributed by atoms with Crippen molar-refractivity contribution < 1.29 is 14.1 Å². The minimum absolute atomic E-state index is 0.111. The molecule has 0 aliphatic rings. The third-order valence-electron chi connectivity index (χ3n) is 3.83. The van der Waals surface area contributed by atoms with E-state index in [1.54, 1.807) is 13.1 Å². The highest BCUT2D eigenvalue weighted by Gasteiger charge is 2.17. The van der Waals surface area contributed by atoms with Gasteiger partial charge in [0, 0.05) is 34.8 Å². The number of furan rings is 1. The van der Waals surface area contributed by atoms with E-state index in [1.807, 2.05) is 36.4 Å². The minimum atomic E-state index is -0.520. The molecule has 0 unspecified atom stereocenters. The summed E-state index contributed by atoms with van der Waals surface area (Å²) < 4.78 is 6.79. The van der Waals surface area contributed by atoms with Crippen LogP contribution in [0.3, 0.4) is 0 Å². The number of amides is 1. The van der Waals surface area contributed by atoms with Crippen molar-refractivity contribution in [2.24, 2.45) is 0 Å². The fourth-order valence-electron chi connectivity index (χ4n) is 2.51. The van der Waals surface area contributed by atoms with Crippen molar-refractivity contribution in [1.82, 2.24) is 4.90 Å². The molecule has 2 aromatic carbocycles. The molecule has 0 saturated heterocycles. The normalized spacial score (nSPS) is 10.5. The Bertz CT molecular complexity index is 950. The Kier molecular flexibility index (Phi) is 5.18. The maximum Gasteiger partial charge on any atom is 0.270 e. The molecular weight excluding hydrogens is 400 g/mol. The summed E-state index contributed by atoms with van der Waals surface area (Å²) in [4.78, 5) is 24.3. The molecule has 0 saturated carbocycles. The predicted octanol–water partition coefficient (Wildman–Crippen LogP) is 4.89. The molecule has 0 bridgehead atoms. The lowest BCUT2D eigenvalue weighted by molar-refractivity contribution is -0.384. The SMILES string of the molecule is CN(Cc1ccc(-c2ccc(Br)cc2)o1)C(=O)c1cccc([N+](=O)[O-])c1. The van der Waals surface area contributed by atoms with E-state index in [1.165, 1.54) is 23.1 Å². The molecule has 7 heteroatoms. The highest BCUT2D eigenvalue weighted by molar-refractivity contribution is 9.10. The van der Waals surface area contributed by atoms with E-state index in [4.69, 9.17) is 4.42 Å². The van der Waals surface area contributed by atoms with E-state index in [0.717, 1.165) is 10.0 Å². The summed E-state index contributed by atoms with van der Waals surface area (Å²) >= 11 is 3.39. The fourth-order valence-corrected chi connectivity index (χ4v) is 2.77. The number of carbonyl (C=O) groups is 1. The van der Waals surface area contributed by atoms with Crippen LogP contribution in [0.1, 0.15) is 16.1 Å². The van der Waals surface area contributed by atoms with Gasteiger partial charge < -0.3 is 9.32 Å². The number of nitro groups is 1. The average Bonchev–Trinajstić information content (AvgIpc) is 3.10. The van der Waals surface area contributed by atoms with Gasteiger partial charge in [0.2, 0.25) is 0 Å². The lowest BCUT2D eigenvalue weighted by Crippen LogP contribution is -2.26. The summed E-state index contributed by atoms with van der Waals surface area (Å²) in [6, 6.07) is 17.1. The van der Waals surface area contributed by atoms with Gasteiger partial charge in [0.1, 0.15) is 11.5 Å². The number of halogens is 1. The number of nitrogens with zero attached hydrogens (tertiary/aromatic N) is 2. The largest absolute Gasteiger partial charge is 0.459 e. The number of nitro benzene ring substituents is 1. The second-order valence-corrected chi connectivity index (χ2v) is 6.66. The van der Waals surface area contributed by atoms with Crippen LogP contribution in [0.5, 0.6) is 0 Å². The first-order chi connectivity index (χ1) is 12.4. The van der Waals surface area contributed by atoms with Crippen molar-refractivity contribution >= 4 is 27.5 Å². The first-order valence-corrected chi connectivity index (χ1v) is 8.58. The van der Waals surface area contributed by atoms with E-state index in [-0.39, 0.29) is 23.7 Å². The van der Waals surface area contributed by atoms with Crippen LogP contribution in [-0.4, -0.2) is 22.8 Å². The Labute approximate surface area is 158 Å². The molecule has 0 aliphatic carbocycles. The Balaban J connectivity index is 1.73. The summed E-state index contributed by atoms with van der Waals surface area (Å²) in [6.07, 6.45) is 0. The van der Waals surface area contributed by atoms with E-state index in [0.29, 0.717) is 11.5 Å². The zero-order chi connectivity index (χ0) is 18.7. The van der Waals surface area contributed by atoms with Gasteiger partial charge in [-0.2, -0.15) is 0 Å². The van der Waals surface area contributed by atoms with E-state index < -0.39 is 4.92 Å². The number of hydrogen-bond acceptors (Lipinski definition) is 4. The van der Waals surface area contributed by atoms with Gasteiger partial charge in [-0.1, -0.05) is 34.1 Å². The zero-order valence-corrected chi connectivity index (χ0v) is 15.5. The van der Waals surface area contributed by atoms with Crippen LogP contribution < -0.4 is 0 Å². The molecule has 26 heavy (non-hydrogen) atoms. The molecule has 0 aliphatic heterocycles. The summed E-state index contributed by atoms with van der Waals surface area (Å²) in [5, 5.41) is 10.9. The van der Waals surface area contributed by atoms with Crippen LogP contribution >= 0.6 is 15.9 Å². The van der Waals surface area contributed by atoms with Gasteiger partial charge >= 0.3 is 0 Å². The Morgan fingerprint density at radius 3 is 2.58 bits per heavy atom. The molecule has 6 nitrogen and oxygen atoms in total. The summed E-state index contributed by atoms with van der Waals surface area (Å²) in [7, 11) is 1.63. The van der Waals surface area contributed by atoms with Gasteiger partial charge in [-0.3, -0.25) is 14.9 Å². The Hall–Kier alpha value is -2.93. The van der Waals surface area contributed by atoms with E-state index in [2.05, 4.69) is 15.9 Å². The lowest BCUT2D eigenvalue weighted by atomic mass is 10.2. The van der Waals surface area contributed by atoms with Gasteiger partial charge in [0.05, 0.1) is 11.5 Å². The molecule has 132 valence electrons. The van der Waals surface area contributed by atoms with Crippen molar-refractivity contribution in [3.8, 4) is 11.3 Å². The molecular formula is C19H15BrN2O4. The van der Waals surface area contributed by atoms with Gasteiger partial charge in [0.15, 0.2) is 0 Å². The highest BCUT2D eigenvalue weighted by atomic mass is 79.9. The molecule has 0 fully saturated rings. The highest BCUT2D eigenvalue weighted by Crippen LogP contribution is 2.25. The summed E-state index contributed by atoms with van der Waals surface area (Å²) in [6.45, 7) is 0.262. The minimum Gasteiger partial charge on any atom is -0.459 e. The molecule has 0 spiro atoms. The molecule has 0 N–H and O–H groups in total. The topological polar surface area (TPSA) is 76.6 Å². The standard InChI is InChI=1S/C19H15BrN2O4/c1-21(19(23)14-3-2-4-16(11-14)22(24)25)12-17-9-10-18(26-17)13-5-7-15(20)8-6-13/h2-11H,12H2,1H3. The van der Waals surface area contributed by atoms with Gasteiger partial charge in [0.25, 0.3) is 11.6 Å². The maximum atomic E-state index is 12.5. The second kappa shape index (κ2) is 7.53. The quantitative estimate of drug-likeness (QED) is 0.439. The molecule has 1 heterocycles. The van der Waals surface area contributed by atoms with Crippen LogP contribution in [0.25, 0.3) is 11.3 Å². The van der Waals surface area contributed by atoms with Crippen molar-refractivity contribution in [3.63, 3.8) is 0 Å². The van der Waals surface area contributed by atoms with Gasteiger partial charge in [-0.25, -0.2) is 0 Å². The van der Waals surface area contributed by atoms with Crippen LogP contribution in [-0.2, 0) is 6.54 Å². The van der Waals surface area contributed by atoms with Crippen LogP contribution in [0, 0.1) is 10.1 Å². The number of non-ortho nitro benzene ring substituents is 1. The van der Waals surface area contributed by atoms with Gasteiger partial charge in [-0.15, -0.1) is 0 Å². The number of hydrogen-bond donors (Lipinski definition) is 0. The maximum absolute atomic E-state index is 12.5. The van der Waals surface area contributed by atoms with Crippen molar-refractivity contribution in [2.45, 2.75) is 6.54 Å². The van der Waals surface area contributed by atoms with E-state index in [9.17, 15) is 14.9 Å². The monoisotopic (exact) mass is 414 g/mol. The molecule has 1 aromatic heterocycles. The number of carbonyl (C=O) groups excluding carboxylic acids is 1. The Morgan fingerprint density at radius 1 is 1.15 bits per heavy atom. The molecule has 0 atom stereocenters. The average molecular weight is 415 g/mol. The molecule has 3 rings (SSSR count). The predicted molar refractivity (Wildman–Crippen MR) is 101 cm³/mol. The first-order valence-electron chi connectivity index (χ1n) is 7.78. The number of rotatable bonds is 5. The summed E-state index contributed by atoms with van der Waals surface area (Å²) in [5.41, 5.74) is 1.09. The van der Waals surface area contributed by atoms with Crippen LogP contribution in [0.15, 0.2) is 69.6 Å². The smallest absolute Gasteiger partial charge is 0.270 e.